The fourth-order valence-electron chi connectivity index (χ4n) is 5.11. The number of aromatic nitrogens is 5. The van der Waals surface area contributed by atoms with Crippen LogP contribution in [0.15, 0.2) is 48.9 Å². The maximum Gasteiger partial charge on any atom is 0.419 e. The van der Waals surface area contributed by atoms with Gasteiger partial charge in [0.15, 0.2) is 11.9 Å². The van der Waals surface area contributed by atoms with Crippen LogP contribution in [-0.4, -0.2) is 30.8 Å². The van der Waals surface area contributed by atoms with E-state index in [1.807, 2.05) is 13.8 Å². The summed E-state index contributed by atoms with van der Waals surface area (Å²) in [7, 11) is 0. The molecule has 11 heteroatoms. The number of imidazole rings is 1. The van der Waals surface area contributed by atoms with E-state index in [4.69, 9.17) is 4.74 Å². The van der Waals surface area contributed by atoms with E-state index in [2.05, 4.69) is 15.1 Å². The van der Waals surface area contributed by atoms with Crippen molar-refractivity contribution in [3.8, 4) is 22.5 Å². The van der Waals surface area contributed by atoms with Gasteiger partial charge in [0, 0.05) is 23.9 Å². The van der Waals surface area contributed by atoms with Gasteiger partial charge in [0.2, 0.25) is 0 Å². The molecule has 202 valence electrons. The van der Waals surface area contributed by atoms with Gasteiger partial charge in [-0.05, 0) is 55.5 Å². The third kappa shape index (κ3) is 4.34. The van der Waals surface area contributed by atoms with E-state index in [1.165, 1.54) is 24.7 Å². The molecule has 0 N–H and O–H groups in total. The highest BCUT2D eigenvalue weighted by atomic mass is 19.4. The molecule has 1 aliphatic heterocycles. The van der Waals surface area contributed by atoms with Crippen LogP contribution in [0.4, 0.5) is 22.0 Å². The molecule has 6 rings (SSSR count). The summed E-state index contributed by atoms with van der Waals surface area (Å²) in [5.74, 6) is -1.95. The van der Waals surface area contributed by atoms with Crippen LogP contribution in [0.5, 0.6) is 0 Å². The number of halogens is 5. The molecule has 39 heavy (non-hydrogen) atoms. The van der Waals surface area contributed by atoms with Crippen molar-refractivity contribution in [1.82, 2.24) is 24.1 Å². The van der Waals surface area contributed by atoms with Crippen LogP contribution >= 0.6 is 0 Å². The molecular formula is C28H24F5N5O. The SMILES string of the molecule is CC(C)c1nc2cnc(-c3ccc(F)c(C(F)(F)F)c3)cn2c1-c1ccc2c(cnn2C2CCCCO2)c1F. The summed E-state index contributed by atoms with van der Waals surface area (Å²) in [5.41, 5.74) is 1.19. The van der Waals surface area contributed by atoms with E-state index < -0.39 is 23.4 Å². The van der Waals surface area contributed by atoms with E-state index in [1.54, 1.807) is 21.2 Å². The van der Waals surface area contributed by atoms with Crippen LogP contribution in [0.2, 0.25) is 0 Å². The average molecular weight is 542 g/mol. The molecule has 0 aliphatic carbocycles. The predicted octanol–water partition coefficient (Wildman–Crippen LogP) is 7.53. The van der Waals surface area contributed by atoms with Gasteiger partial charge in [-0.25, -0.2) is 18.4 Å². The summed E-state index contributed by atoms with van der Waals surface area (Å²) >= 11 is 0. The van der Waals surface area contributed by atoms with Crippen LogP contribution in [0.25, 0.3) is 39.1 Å². The second-order valence-electron chi connectivity index (χ2n) is 9.96. The monoisotopic (exact) mass is 541 g/mol. The lowest BCUT2D eigenvalue weighted by atomic mass is 10.0. The molecule has 0 bridgehead atoms. The van der Waals surface area contributed by atoms with E-state index in [0.29, 0.717) is 34.5 Å². The molecule has 1 unspecified atom stereocenters. The topological polar surface area (TPSA) is 57.2 Å². The Morgan fingerprint density at radius 1 is 1.05 bits per heavy atom. The van der Waals surface area contributed by atoms with Crippen molar-refractivity contribution in [3.63, 3.8) is 0 Å². The van der Waals surface area contributed by atoms with Crippen LogP contribution in [-0.2, 0) is 10.9 Å². The first-order valence-corrected chi connectivity index (χ1v) is 12.7. The van der Waals surface area contributed by atoms with Crippen LogP contribution in [0, 0.1) is 11.6 Å². The number of fused-ring (bicyclic) bond motifs is 2. The van der Waals surface area contributed by atoms with Crippen molar-refractivity contribution in [2.24, 2.45) is 0 Å². The minimum absolute atomic E-state index is 0.0704. The number of ether oxygens (including phenoxy) is 1. The minimum Gasteiger partial charge on any atom is -0.356 e. The van der Waals surface area contributed by atoms with E-state index >= 15 is 4.39 Å². The second-order valence-corrected chi connectivity index (χ2v) is 9.96. The highest BCUT2D eigenvalue weighted by Gasteiger charge is 2.34. The van der Waals surface area contributed by atoms with Gasteiger partial charge in [0.05, 0.1) is 45.9 Å². The zero-order valence-electron chi connectivity index (χ0n) is 21.1. The highest BCUT2D eigenvalue weighted by molar-refractivity contribution is 5.86. The molecule has 4 heterocycles. The third-order valence-electron chi connectivity index (χ3n) is 7.05. The first-order chi connectivity index (χ1) is 18.6. The maximum atomic E-state index is 16.1. The molecule has 1 atom stereocenters. The molecule has 0 radical (unpaired) electrons. The summed E-state index contributed by atoms with van der Waals surface area (Å²) in [6.45, 7) is 4.47. The summed E-state index contributed by atoms with van der Waals surface area (Å²) in [6.07, 6.45) is 2.05. The molecule has 1 aliphatic rings. The molecule has 5 aromatic rings. The quantitative estimate of drug-likeness (QED) is 0.221. The zero-order valence-corrected chi connectivity index (χ0v) is 21.1. The molecule has 6 nitrogen and oxygen atoms in total. The van der Waals surface area contributed by atoms with E-state index in [-0.39, 0.29) is 29.0 Å². The number of alkyl halides is 3. The Bertz CT molecular complexity index is 1700. The van der Waals surface area contributed by atoms with Crippen LogP contribution < -0.4 is 0 Å². The lowest BCUT2D eigenvalue weighted by molar-refractivity contribution is -0.139. The number of rotatable bonds is 4. The molecule has 0 saturated carbocycles. The van der Waals surface area contributed by atoms with Gasteiger partial charge < -0.3 is 4.74 Å². The second kappa shape index (κ2) is 9.41. The van der Waals surface area contributed by atoms with Crippen molar-refractivity contribution >= 4 is 16.6 Å². The maximum absolute atomic E-state index is 16.1. The standard InChI is InChI=1S/C28H24F5N5O/c1-15(2)26-27(17-7-9-22-18(25(17)30)12-35-38(22)24-5-3-4-10-39-24)37-14-21(34-13-23(37)36-26)16-6-8-20(29)19(11-16)28(31,32)33/h6-9,11-15,24H,3-5,10H2,1-2H3. The van der Waals surface area contributed by atoms with E-state index in [9.17, 15) is 17.6 Å². The Morgan fingerprint density at radius 2 is 1.87 bits per heavy atom. The predicted molar refractivity (Wildman–Crippen MR) is 135 cm³/mol. The first kappa shape index (κ1) is 25.4. The van der Waals surface area contributed by atoms with Gasteiger partial charge >= 0.3 is 6.18 Å². The third-order valence-corrected chi connectivity index (χ3v) is 7.05. The summed E-state index contributed by atoms with van der Waals surface area (Å²) in [5, 5.41) is 4.74. The molecule has 1 saturated heterocycles. The van der Waals surface area contributed by atoms with Crippen molar-refractivity contribution in [1.29, 1.82) is 0 Å². The first-order valence-electron chi connectivity index (χ1n) is 12.7. The zero-order chi connectivity index (χ0) is 27.5. The van der Waals surface area contributed by atoms with Gasteiger partial charge in [0.1, 0.15) is 11.6 Å². The summed E-state index contributed by atoms with van der Waals surface area (Å²) in [4.78, 5) is 8.92. The summed E-state index contributed by atoms with van der Waals surface area (Å²) in [6, 6.07) is 6.16. The lowest BCUT2D eigenvalue weighted by Crippen LogP contribution is -2.18. The Morgan fingerprint density at radius 3 is 2.59 bits per heavy atom. The van der Waals surface area contributed by atoms with Crippen LogP contribution in [0.3, 0.4) is 0 Å². The van der Waals surface area contributed by atoms with Gasteiger partial charge in [-0.2, -0.15) is 18.3 Å². The van der Waals surface area contributed by atoms with Crippen molar-refractivity contribution in [2.45, 2.75) is 51.4 Å². The number of hydrogen-bond donors (Lipinski definition) is 0. The molecule has 2 aromatic carbocycles. The normalized spacial score (nSPS) is 16.6. The number of benzene rings is 2. The number of hydrogen-bond acceptors (Lipinski definition) is 4. The largest absolute Gasteiger partial charge is 0.419 e. The van der Waals surface area contributed by atoms with Gasteiger partial charge in [0.25, 0.3) is 0 Å². The van der Waals surface area contributed by atoms with Crippen LogP contribution in [0.1, 0.15) is 56.5 Å². The smallest absolute Gasteiger partial charge is 0.356 e. The Labute approximate surface area is 220 Å². The number of nitrogens with zero attached hydrogens (tertiary/aromatic N) is 5. The van der Waals surface area contributed by atoms with Gasteiger partial charge in [-0.3, -0.25) is 9.38 Å². The summed E-state index contributed by atoms with van der Waals surface area (Å²) < 4.78 is 79.2. The average Bonchev–Trinajstić information content (AvgIpc) is 3.51. The highest BCUT2D eigenvalue weighted by Crippen LogP contribution is 2.38. The molecule has 0 spiro atoms. The van der Waals surface area contributed by atoms with E-state index in [0.717, 1.165) is 31.4 Å². The fourth-order valence-corrected chi connectivity index (χ4v) is 5.11. The van der Waals surface area contributed by atoms with Crippen molar-refractivity contribution in [2.75, 3.05) is 6.61 Å². The minimum atomic E-state index is -4.86. The molecule has 1 fully saturated rings. The fraction of sp³-hybridized carbons (Fsp3) is 0.321. The van der Waals surface area contributed by atoms with Gasteiger partial charge in [-0.1, -0.05) is 13.8 Å². The van der Waals surface area contributed by atoms with Crippen molar-refractivity contribution < 1.29 is 26.7 Å². The lowest BCUT2D eigenvalue weighted by Gasteiger charge is -2.23. The molecule has 3 aromatic heterocycles. The molecule has 0 amide bonds. The Hall–Kier alpha value is -3.86. The Balaban J connectivity index is 1.51. The van der Waals surface area contributed by atoms with Crippen molar-refractivity contribution in [3.05, 3.63) is 71.8 Å². The molecular weight excluding hydrogens is 517 g/mol. The Kier molecular flexibility index (Phi) is 6.13. The van der Waals surface area contributed by atoms with Gasteiger partial charge in [-0.15, -0.1) is 0 Å².